The molecule has 2 heteroatoms. The standard InChI is InChI=1S/C19H28N2/c1-15-12-20-18(2,16-6-4-3-5-7-16)13-21(15)14-19(10-11-19)17-8-9-17/h3-7,15,17,20H,8-14H2,1-2H3. The van der Waals surface area contributed by atoms with Crippen molar-refractivity contribution in [2.24, 2.45) is 11.3 Å². The van der Waals surface area contributed by atoms with Crippen LogP contribution >= 0.6 is 0 Å². The summed E-state index contributed by atoms with van der Waals surface area (Å²) < 4.78 is 0. The first-order valence-corrected chi connectivity index (χ1v) is 8.66. The van der Waals surface area contributed by atoms with Gasteiger partial charge in [-0.25, -0.2) is 0 Å². The lowest BCUT2D eigenvalue weighted by atomic mass is 9.87. The fraction of sp³-hybridized carbons (Fsp3) is 0.684. The van der Waals surface area contributed by atoms with Crippen LogP contribution < -0.4 is 5.32 Å². The number of piperazine rings is 1. The molecule has 2 saturated carbocycles. The van der Waals surface area contributed by atoms with E-state index in [1.807, 2.05) is 0 Å². The SMILES string of the molecule is CC1CNC(C)(c2ccccc2)CN1CC1(C2CC2)CC1. The van der Waals surface area contributed by atoms with Gasteiger partial charge in [-0.2, -0.15) is 0 Å². The van der Waals surface area contributed by atoms with Gasteiger partial charge in [-0.15, -0.1) is 0 Å². The van der Waals surface area contributed by atoms with Crippen molar-refractivity contribution in [3.05, 3.63) is 35.9 Å². The van der Waals surface area contributed by atoms with Gasteiger partial charge < -0.3 is 5.32 Å². The highest BCUT2D eigenvalue weighted by Gasteiger charge is 2.55. The highest BCUT2D eigenvalue weighted by atomic mass is 15.3. The number of benzene rings is 1. The zero-order chi connectivity index (χ0) is 14.5. The number of nitrogens with one attached hydrogen (secondary N) is 1. The first-order chi connectivity index (χ1) is 10.1. The second-order valence-electron chi connectivity index (χ2n) is 7.97. The monoisotopic (exact) mass is 284 g/mol. The molecule has 0 bridgehead atoms. The second kappa shape index (κ2) is 4.82. The summed E-state index contributed by atoms with van der Waals surface area (Å²) in [5.41, 5.74) is 2.24. The Hall–Kier alpha value is -0.860. The van der Waals surface area contributed by atoms with Crippen molar-refractivity contribution in [3.8, 4) is 0 Å². The Balaban J connectivity index is 1.51. The molecule has 1 aromatic carbocycles. The van der Waals surface area contributed by atoms with Gasteiger partial charge in [0.2, 0.25) is 0 Å². The normalized spacial score (nSPS) is 35.6. The Kier molecular flexibility index (Phi) is 3.16. The average Bonchev–Trinajstić information content (AvgIpc) is 3.37. The van der Waals surface area contributed by atoms with E-state index in [0.29, 0.717) is 11.5 Å². The van der Waals surface area contributed by atoms with Crippen LogP contribution in [0, 0.1) is 11.3 Å². The maximum absolute atomic E-state index is 3.80. The molecular weight excluding hydrogens is 256 g/mol. The lowest BCUT2D eigenvalue weighted by Gasteiger charge is -2.47. The van der Waals surface area contributed by atoms with E-state index in [1.165, 1.54) is 37.8 Å². The van der Waals surface area contributed by atoms with E-state index in [2.05, 4.69) is 54.4 Å². The van der Waals surface area contributed by atoms with Gasteiger partial charge in [0.1, 0.15) is 0 Å². The van der Waals surface area contributed by atoms with Gasteiger partial charge in [-0.05, 0) is 56.4 Å². The van der Waals surface area contributed by atoms with Crippen molar-refractivity contribution in [1.29, 1.82) is 0 Å². The van der Waals surface area contributed by atoms with Gasteiger partial charge in [-0.1, -0.05) is 30.3 Å². The quantitative estimate of drug-likeness (QED) is 0.912. The predicted octanol–water partition coefficient (Wildman–Crippen LogP) is 3.39. The molecule has 1 aromatic rings. The lowest BCUT2D eigenvalue weighted by molar-refractivity contribution is 0.0695. The molecule has 0 radical (unpaired) electrons. The molecule has 4 rings (SSSR count). The summed E-state index contributed by atoms with van der Waals surface area (Å²) in [6, 6.07) is 11.7. The van der Waals surface area contributed by atoms with E-state index in [1.54, 1.807) is 0 Å². The number of rotatable bonds is 4. The van der Waals surface area contributed by atoms with Crippen LogP contribution in [0.3, 0.4) is 0 Å². The first kappa shape index (κ1) is 13.8. The minimum absolute atomic E-state index is 0.105. The molecule has 114 valence electrons. The van der Waals surface area contributed by atoms with Gasteiger partial charge in [0.25, 0.3) is 0 Å². The highest BCUT2D eigenvalue weighted by Crippen LogP contribution is 2.61. The van der Waals surface area contributed by atoms with E-state index >= 15 is 0 Å². The molecule has 3 aliphatic rings. The largest absolute Gasteiger partial charge is 0.305 e. The first-order valence-electron chi connectivity index (χ1n) is 8.66. The fourth-order valence-electron chi connectivity index (χ4n) is 4.29. The number of nitrogens with zero attached hydrogens (tertiary/aromatic N) is 1. The summed E-state index contributed by atoms with van der Waals surface area (Å²) in [7, 11) is 0. The van der Waals surface area contributed by atoms with Crippen LogP contribution in [0.2, 0.25) is 0 Å². The third-order valence-electron chi connectivity index (χ3n) is 6.19. The molecule has 2 atom stereocenters. The van der Waals surface area contributed by atoms with Crippen molar-refractivity contribution in [3.63, 3.8) is 0 Å². The molecule has 2 unspecified atom stereocenters. The van der Waals surface area contributed by atoms with Crippen LogP contribution in [0.4, 0.5) is 0 Å². The van der Waals surface area contributed by atoms with E-state index < -0.39 is 0 Å². The molecule has 2 nitrogen and oxygen atoms in total. The van der Waals surface area contributed by atoms with Gasteiger partial charge in [-0.3, -0.25) is 4.90 Å². The molecule has 0 amide bonds. The van der Waals surface area contributed by atoms with Crippen molar-refractivity contribution < 1.29 is 0 Å². The van der Waals surface area contributed by atoms with Crippen molar-refractivity contribution in [1.82, 2.24) is 10.2 Å². The van der Waals surface area contributed by atoms with Crippen LogP contribution in [0.1, 0.15) is 45.1 Å². The Morgan fingerprint density at radius 1 is 1.19 bits per heavy atom. The van der Waals surface area contributed by atoms with Crippen LogP contribution in [-0.4, -0.2) is 30.6 Å². The van der Waals surface area contributed by atoms with Crippen molar-refractivity contribution in [2.75, 3.05) is 19.6 Å². The van der Waals surface area contributed by atoms with E-state index in [9.17, 15) is 0 Å². The van der Waals surface area contributed by atoms with Crippen molar-refractivity contribution in [2.45, 2.75) is 51.1 Å². The zero-order valence-corrected chi connectivity index (χ0v) is 13.4. The molecule has 1 aliphatic heterocycles. The smallest absolute Gasteiger partial charge is 0.0535 e. The van der Waals surface area contributed by atoms with Gasteiger partial charge in [0.15, 0.2) is 0 Å². The van der Waals surface area contributed by atoms with Crippen LogP contribution in [-0.2, 0) is 5.54 Å². The summed E-state index contributed by atoms with van der Waals surface area (Å²) in [5.74, 6) is 1.06. The summed E-state index contributed by atoms with van der Waals surface area (Å²) >= 11 is 0. The van der Waals surface area contributed by atoms with Crippen molar-refractivity contribution >= 4 is 0 Å². The predicted molar refractivity (Wildman–Crippen MR) is 87.2 cm³/mol. The molecule has 3 fully saturated rings. The third kappa shape index (κ3) is 2.53. The second-order valence-corrected chi connectivity index (χ2v) is 7.97. The minimum atomic E-state index is 0.105. The fourth-order valence-corrected chi connectivity index (χ4v) is 4.29. The maximum Gasteiger partial charge on any atom is 0.0535 e. The number of hydrogen-bond donors (Lipinski definition) is 1. The summed E-state index contributed by atoms with van der Waals surface area (Å²) in [6.45, 7) is 8.35. The topological polar surface area (TPSA) is 15.3 Å². The van der Waals surface area contributed by atoms with E-state index in [-0.39, 0.29) is 5.54 Å². The van der Waals surface area contributed by atoms with Gasteiger partial charge in [0.05, 0.1) is 5.54 Å². The highest BCUT2D eigenvalue weighted by molar-refractivity contribution is 5.25. The minimum Gasteiger partial charge on any atom is -0.305 e. The Morgan fingerprint density at radius 2 is 1.90 bits per heavy atom. The molecule has 1 saturated heterocycles. The zero-order valence-electron chi connectivity index (χ0n) is 13.4. The molecule has 1 heterocycles. The summed E-state index contributed by atoms with van der Waals surface area (Å²) in [4.78, 5) is 2.77. The maximum atomic E-state index is 3.80. The van der Waals surface area contributed by atoms with Gasteiger partial charge >= 0.3 is 0 Å². The Labute approximate surface area is 128 Å². The molecule has 1 N–H and O–H groups in total. The summed E-state index contributed by atoms with van der Waals surface area (Å²) in [6.07, 6.45) is 5.96. The summed E-state index contributed by atoms with van der Waals surface area (Å²) in [5, 5.41) is 3.80. The molecule has 21 heavy (non-hydrogen) atoms. The van der Waals surface area contributed by atoms with Gasteiger partial charge in [0, 0.05) is 25.7 Å². The molecule has 0 spiro atoms. The molecule has 2 aliphatic carbocycles. The van der Waals surface area contributed by atoms with Crippen LogP contribution in [0.15, 0.2) is 30.3 Å². The van der Waals surface area contributed by atoms with Crippen LogP contribution in [0.25, 0.3) is 0 Å². The average molecular weight is 284 g/mol. The number of hydrogen-bond acceptors (Lipinski definition) is 2. The lowest BCUT2D eigenvalue weighted by Crippen LogP contribution is -2.61. The third-order valence-corrected chi connectivity index (χ3v) is 6.19. The Bertz CT molecular complexity index is 504. The molecular formula is C19H28N2. The molecule has 0 aromatic heterocycles. The Morgan fingerprint density at radius 3 is 2.52 bits per heavy atom. The van der Waals surface area contributed by atoms with E-state index in [4.69, 9.17) is 0 Å². The van der Waals surface area contributed by atoms with Crippen LogP contribution in [0.5, 0.6) is 0 Å². The van der Waals surface area contributed by atoms with E-state index in [0.717, 1.165) is 19.0 Å².